The summed E-state index contributed by atoms with van der Waals surface area (Å²) in [6.07, 6.45) is 0.128. The molecular formula is C12H11Br2NO3. The van der Waals surface area contributed by atoms with E-state index in [9.17, 15) is 9.59 Å². The van der Waals surface area contributed by atoms with E-state index in [1.165, 1.54) is 0 Å². The summed E-state index contributed by atoms with van der Waals surface area (Å²) in [6, 6.07) is 5.42. The molecule has 18 heavy (non-hydrogen) atoms. The Morgan fingerprint density at radius 1 is 1.33 bits per heavy atom. The second-order valence-corrected chi connectivity index (χ2v) is 6.07. The number of hydrogen-bond acceptors (Lipinski definition) is 2. The number of aliphatic carboxylic acids is 1. The third kappa shape index (κ3) is 2.92. The minimum Gasteiger partial charge on any atom is -0.481 e. The summed E-state index contributed by atoms with van der Waals surface area (Å²) in [7, 11) is 0. The number of halogens is 2. The Kier molecular flexibility index (Phi) is 4.07. The summed E-state index contributed by atoms with van der Waals surface area (Å²) in [5.74, 6) is -0.794. The Labute approximate surface area is 121 Å². The zero-order valence-electron chi connectivity index (χ0n) is 9.40. The first-order valence-corrected chi connectivity index (χ1v) is 7.02. The van der Waals surface area contributed by atoms with Gasteiger partial charge in [0.15, 0.2) is 0 Å². The molecule has 1 heterocycles. The molecule has 1 aliphatic heterocycles. The average Bonchev–Trinajstić information content (AvgIpc) is 2.25. The van der Waals surface area contributed by atoms with E-state index in [0.717, 1.165) is 8.95 Å². The molecule has 0 saturated carbocycles. The number of rotatable bonds is 3. The number of carboxylic acid groups (broad SMARTS) is 1. The lowest BCUT2D eigenvalue weighted by atomic mass is 9.95. The first kappa shape index (κ1) is 13.5. The predicted molar refractivity (Wildman–Crippen MR) is 73.5 cm³/mol. The summed E-state index contributed by atoms with van der Waals surface area (Å²) < 4.78 is 1.59. The highest BCUT2D eigenvalue weighted by Crippen LogP contribution is 2.27. The molecule has 1 aromatic carbocycles. The van der Waals surface area contributed by atoms with Crippen LogP contribution >= 0.6 is 31.9 Å². The Morgan fingerprint density at radius 3 is 2.61 bits per heavy atom. The number of likely N-dealkylation sites (tertiary alicyclic amines) is 1. The van der Waals surface area contributed by atoms with Gasteiger partial charge in [0.1, 0.15) is 0 Å². The molecular weight excluding hydrogens is 366 g/mol. The van der Waals surface area contributed by atoms with Crippen molar-refractivity contribution in [1.82, 2.24) is 4.90 Å². The Hall–Kier alpha value is -0.880. The number of carboxylic acids is 1. The SMILES string of the molecule is O=C(O)CC1CN(C(=O)c2cc(Br)ccc2Br)C1. The smallest absolute Gasteiger partial charge is 0.303 e. The van der Waals surface area contributed by atoms with Crippen molar-refractivity contribution in [2.24, 2.45) is 5.92 Å². The van der Waals surface area contributed by atoms with Crippen molar-refractivity contribution in [2.75, 3.05) is 13.1 Å². The van der Waals surface area contributed by atoms with Crippen LogP contribution in [0.3, 0.4) is 0 Å². The van der Waals surface area contributed by atoms with Gasteiger partial charge in [0.05, 0.1) is 12.0 Å². The standard InChI is InChI=1S/C12H11Br2NO3/c13-8-1-2-10(14)9(4-8)12(18)15-5-7(6-15)3-11(16)17/h1-2,4,7H,3,5-6H2,(H,16,17). The summed E-state index contributed by atoms with van der Waals surface area (Å²) >= 11 is 6.67. The second-order valence-electron chi connectivity index (χ2n) is 4.30. The topological polar surface area (TPSA) is 57.6 Å². The van der Waals surface area contributed by atoms with Crippen LogP contribution < -0.4 is 0 Å². The molecule has 0 spiro atoms. The van der Waals surface area contributed by atoms with Crippen LogP contribution in [0, 0.1) is 5.92 Å². The van der Waals surface area contributed by atoms with Crippen LogP contribution in [-0.2, 0) is 4.79 Å². The van der Waals surface area contributed by atoms with E-state index in [0.29, 0.717) is 18.7 Å². The number of hydrogen-bond donors (Lipinski definition) is 1. The molecule has 1 aromatic rings. The highest BCUT2D eigenvalue weighted by atomic mass is 79.9. The fourth-order valence-corrected chi connectivity index (χ4v) is 2.72. The third-order valence-electron chi connectivity index (χ3n) is 2.87. The lowest BCUT2D eigenvalue weighted by Crippen LogP contribution is -2.50. The monoisotopic (exact) mass is 375 g/mol. The van der Waals surface area contributed by atoms with E-state index in [1.54, 1.807) is 11.0 Å². The molecule has 0 radical (unpaired) electrons. The lowest BCUT2D eigenvalue weighted by molar-refractivity contribution is -0.139. The van der Waals surface area contributed by atoms with E-state index in [-0.39, 0.29) is 18.2 Å². The van der Waals surface area contributed by atoms with Gasteiger partial charge in [0, 0.05) is 28.0 Å². The van der Waals surface area contributed by atoms with Gasteiger partial charge in [-0.3, -0.25) is 9.59 Å². The van der Waals surface area contributed by atoms with Crippen LogP contribution in [0.15, 0.2) is 27.1 Å². The molecule has 1 N–H and O–H groups in total. The quantitative estimate of drug-likeness (QED) is 0.882. The maximum atomic E-state index is 12.2. The van der Waals surface area contributed by atoms with E-state index >= 15 is 0 Å². The summed E-state index contributed by atoms with van der Waals surface area (Å²) in [5.41, 5.74) is 0.596. The second kappa shape index (κ2) is 5.40. The van der Waals surface area contributed by atoms with Gasteiger partial charge < -0.3 is 10.0 Å². The Morgan fingerprint density at radius 2 is 2.00 bits per heavy atom. The van der Waals surface area contributed by atoms with Gasteiger partial charge in [-0.25, -0.2) is 0 Å². The highest BCUT2D eigenvalue weighted by molar-refractivity contribution is 9.11. The number of benzene rings is 1. The molecule has 1 fully saturated rings. The van der Waals surface area contributed by atoms with E-state index in [4.69, 9.17) is 5.11 Å². The van der Waals surface area contributed by atoms with Crippen molar-refractivity contribution in [3.05, 3.63) is 32.7 Å². The molecule has 2 rings (SSSR count). The maximum Gasteiger partial charge on any atom is 0.303 e. The van der Waals surface area contributed by atoms with Gasteiger partial charge >= 0.3 is 5.97 Å². The first-order chi connectivity index (χ1) is 8.47. The van der Waals surface area contributed by atoms with E-state index < -0.39 is 5.97 Å². The molecule has 1 saturated heterocycles. The van der Waals surface area contributed by atoms with Crippen molar-refractivity contribution < 1.29 is 14.7 Å². The Bertz CT molecular complexity index is 498. The Balaban J connectivity index is 2.01. The molecule has 4 nitrogen and oxygen atoms in total. The molecule has 0 aliphatic carbocycles. The van der Waals surface area contributed by atoms with Crippen LogP contribution in [0.4, 0.5) is 0 Å². The van der Waals surface area contributed by atoms with Crippen LogP contribution in [-0.4, -0.2) is 35.0 Å². The van der Waals surface area contributed by atoms with Crippen LogP contribution in [0.1, 0.15) is 16.8 Å². The fraction of sp³-hybridized carbons (Fsp3) is 0.333. The van der Waals surface area contributed by atoms with Crippen LogP contribution in [0.25, 0.3) is 0 Å². The molecule has 6 heteroatoms. The predicted octanol–water partition coefficient (Wildman–Crippen LogP) is 2.76. The van der Waals surface area contributed by atoms with Gasteiger partial charge in [0.25, 0.3) is 5.91 Å². The average molecular weight is 377 g/mol. The van der Waals surface area contributed by atoms with Crippen molar-refractivity contribution in [3.63, 3.8) is 0 Å². The first-order valence-electron chi connectivity index (χ1n) is 5.43. The minimum absolute atomic E-state index is 0.0650. The van der Waals surface area contributed by atoms with E-state index in [2.05, 4.69) is 31.9 Å². The van der Waals surface area contributed by atoms with Crippen molar-refractivity contribution in [2.45, 2.75) is 6.42 Å². The van der Waals surface area contributed by atoms with Crippen molar-refractivity contribution in [3.8, 4) is 0 Å². The van der Waals surface area contributed by atoms with Crippen molar-refractivity contribution in [1.29, 1.82) is 0 Å². The summed E-state index contributed by atoms with van der Waals surface area (Å²) in [6.45, 7) is 1.04. The zero-order chi connectivity index (χ0) is 13.3. The van der Waals surface area contributed by atoms with Gasteiger partial charge in [-0.2, -0.15) is 0 Å². The van der Waals surface area contributed by atoms with E-state index in [1.807, 2.05) is 12.1 Å². The van der Waals surface area contributed by atoms with Crippen LogP contribution in [0.5, 0.6) is 0 Å². The molecule has 0 unspecified atom stereocenters. The highest BCUT2D eigenvalue weighted by Gasteiger charge is 2.33. The summed E-state index contributed by atoms with van der Waals surface area (Å²) in [5, 5.41) is 8.65. The number of carbonyl (C=O) groups excluding carboxylic acids is 1. The molecule has 0 aromatic heterocycles. The molecule has 1 aliphatic rings. The third-order valence-corrected chi connectivity index (χ3v) is 4.05. The molecule has 1 amide bonds. The lowest BCUT2D eigenvalue weighted by Gasteiger charge is -2.38. The number of carbonyl (C=O) groups is 2. The summed E-state index contributed by atoms with van der Waals surface area (Å²) in [4.78, 5) is 24.4. The molecule has 96 valence electrons. The number of nitrogens with zero attached hydrogens (tertiary/aromatic N) is 1. The van der Waals surface area contributed by atoms with Gasteiger partial charge in [-0.05, 0) is 34.1 Å². The van der Waals surface area contributed by atoms with Gasteiger partial charge in [-0.15, -0.1) is 0 Å². The largest absolute Gasteiger partial charge is 0.481 e. The van der Waals surface area contributed by atoms with Gasteiger partial charge in [-0.1, -0.05) is 15.9 Å². The fourth-order valence-electron chi connectivity index (χ4n) is 1.94. The zero-order valence-corrected chi connectivity index (χ0v) is 12.6. The van der Waals surface area contributed by atoms with Crippen molar-refractivity contribution >= 4 is 43.7 Å². The normalized spacial score (nSPS) is 15.3. The molecule has 0 atom stereocenters. The van der Waals surface area contributed by atoms with Crippen LogP contribution in [0.2, 0.25) is 0 Å². The maximum absolute atomic E-state index is 12.2. The molecule has 0 bridgehead atoms. The van der Waals surface area contributed by atoms with Gasteiger partial charge in [0.2, 0.25) is 0 Å². The number of amides is 1. The minimum atomic E-state index is -0.810.